The Morgan fingerprint density at radius 1 is 1.33 bits per heavy atom. The third-order valence-electron chi connectivity index (χ3n) is 5.14. The Bertz CT molecular complexity index is 487. The van der Waals surface area contributed by atoms with E-state index in [4.69, 9.17) is 4.74 Å². The fourth-order valence-electron chi connectivity index (χ4n) is 3.92. The summed E-state index contributed by atoms with van der Waals surface area (Å²) in [5.41, 5.74) is 1.09. The van der Waals surface area contributed by atoms with Crippen molar-refractivity contribution in [1.29, 1.82) is 0 Å². The predicted octanol–water partition coefficient (Wildman–Crippen LogP) is 2.37. The van der Waals surface area contributed by atoms with E-state index >= 15 is 0 Å². The molecule has 0 aliphatic carbocycles. The first-order chi connectivity index (χ1) is 10.1. The summed E-state index contributed by atoms with van der Waals surface area (Å²) in [4.78, 5) is 4.85. The number of halogens is 1. The largest absolute Gasteiger partial charge is 0.384 e. The van der Waals surface area contributed by atoms with Gasteiger partial charge in [0.15, 0.2) is 0 Å². The van der Waals surface area contributed by atoms with Crippen molar-refractivity contribution in [2.24, 2.45) is 5.92 Å². The normalized spacial score (nSPS) is 26.0. The molecule has 2 aliphatic rings. The number of ether oxygens (including phenoxy) is 1. The van der Waals surface area contributed by atoms with E-state index in [2.05, 4.69) is 16.8 Å². The standard InChI is InChI=1S/C17H25FN2O/c1-19-8-7-14(11-21-2)9-17(19)12-20(13-17)10-15-5-3-4-6-16(15)18/h3-6,14H,7-13H2,1-2H3. The molecule has 1 spiro atoms. The molecule has 0 radical (unpaired) electrons. The lowest BCUT2D eigenvalue weighted by atomic mass is 9.75. The SMILES string of the molecule is COCC1CCN(C)C2(C1)CN(Cc1ccccc1F)C2. The molecule has 1 unspecified atom stereocenters. The van der Waals surface area contributed by atoms with Crippen molar-refractivity contribution in [3.05, 3.63) is 35.6 Å². The van der Waals surface area contributed by atoms with Crippen molar-refractivity contribution in [3.63, 3.8) is 0 Å². The molecule has 0 N–H and O–H groups in total. The topological polar surface area (TPSA) is 15.7 Å². The van der Waals surface area contributed by atoms with Gasteiger partial charge in [0.2, 0.25) is 0 Å². The Balaban J connectivity index is 1.59. The number of likely N-dealkylation sites (N-methyl/N-ethyl adjacent to an activating group) is 1. The van der Waals surface area contributed by atoms with E-state index in [0.29, 0.717) is 5.92 Å². The van der Waals surface area contributed by atoms with E-state index in [-0.39, 0.29) is 11.4 Å². The summed E-state index contributed by atoms with van der Waals surface area (Å²) in [5.74, 6) is 0.578. The number of piperidine rings is 1. The summed E-state index contributed by atoms with van der Waals surface area (Å²) in [6.45, 7) is 4.80. The Kier molecular flexibility index (Phi) is 4.29. The van der Waals surface area contributed by atoms with E-state index in [0.717, 1.165) is 38.3 Å². The summed E-state index contributed by atoms with van der Waals surface area (Å²) >= 11 is 0. The van der Waals surface area contributed by atoms with Crippen molar-refractivity contribution in [2.75, 3.05) is 40.4 Å². The van der Waals surface area contributed by atoms with Crippen LogP contribution >= 0.6 is 0 Å². The smallest absolute Gasteiger partial charge is 0.127 e. The second-order valence-corrected chi connectivity index (χ2v) is 6.70. The molecule has 2 aliphatic heterocycles. The van der Waals surface area contributed by atoms with Crippen LogP contribution < -0.4 is 0 Å². The third-order valence-corrected chi connectivity index (χ3v) is 5.14. The highest BCUT2D eigenvalue weighted by atomic mass is 19.1. The lowest BCUT2D eigenvalue weighted by molar-refractivity contribution is -0.0908. The van der Waals surface area contributed by atoms with Crippen LogP contribution in [-0.2, 0) is 11.3 Å². The van der Waals surface area contributed by atoms with Crippen LogP contribution in [0.5, 0.6) is 0 Å². The van der Waals surface area contributed by atoms with Gasteiger partial charge in [-0.2, -0.15) is 0 Å². The van der Waals surface area contributed by atoms with Gasteiger partial charge in [0.25, 0.3) is 0 Å². The van der Waals surface area contributed by atoms with Crippen molar-refractivity contribution >= 4 is 0 Å². The highest BCUT2D eigenvalue weighted by Crippen LogP contribution is 2.38. The maximum atomic E-state index is 13.7. The second-order valence-electron chi connectivity index (χ2n) is 6.70. The van der Waals surface area contributed by atoms with Gasteiger partial charge in [-0.25, -0.2) is 4.39 Å². The van der Waals surface area contributed by atoms with Crippen LogP contribution in [0.2, 0.25) is 0 Å². The number of hydrogen-bond donors (Lipinski definition) is 0. The zero-order chi connectivity index (χ0) is 14.9. The van der Waals surface area contributed by atoms with Crippen molar-refractivity contribution in [2.45, 2.75) is 24.9 Å². The minimum atomic E-state index is -0.0901. The minimum absolute atomic E-state index is 0.0901. The van der Waals surface area contributed by atoms with Gasteiger partial charge in [-0.15, -0.1) is 0 Å². The molecular formula is C17H25FN2O. The van der Waals surface area contributed by atoms with Crippen LogP contribution in [0.15, 0.2) is 24.3 Å². The number of hydrogen-bond acceptors (Lipinski definition) is 3. The van der Waals surface area contributed by atoms with E-state index < -0.39 is 0 Å². The average molecular weight is 292 g/mol. The lowest BCUT2D eigenvalue weighted by Crippen LogP contribution is -2.71. The molecule has 0 bridgehead atoms. The predicted molar refractivity (Wildman–Crippen MR) is 81.6 cm³/mol. The first-order valence-corrected chi connectivity index (χ1v) is 7.79. The Morgan fingerprint density at radius 3 is 2.81 bits per heavy atom. The van der Waals surface area contributed by atoms with Crippen molar-refractivity contribution < 1.29 is 9.13 Å². The molecule has 1 aromatic rings. The molecule has 0 amide bonds. The number of rotatable bonds is 4. The number of likely N-dealkylation sites (tertiary alicyclic amines) is 2. The summed E-state index contributed by atoms with van der Waals surface area (Å²) in [7, 11) is 4.01. The van der Waals surface area contributed by atoms with Crippen LogP contribution in [-0.4, -0.2) is 55.7 Å². The maximum absolute atomic E-state index is 13.7. The minimum Gasteiger partial charge on any atom is -0.384 e. The van der Waals surface area contributed by atoms with Gasteiger partial charge in [-0.05, 0) is 38.4 Å². The monoisotopic (exact) mass is 292 g/mol. The van der Waals surface area contributed by atoms with Gasteiger partial charge in [-0.3, -0.25) is 9.80 Å². The maximum Gasteiger partial charge on any atom is 0.127 e. The van der Waals surface area contributed by atoms with Crippen LogP contribution in [0.3, 0.4) is 0 Å². The molecule has 2 fully saturated rings. The Labute approximate surface area is 126 Å². The molecule has 3 rings (SSSR count). The molecular weight excluding hydrogens is 267 g/mol. The van der Waals surface area contributed by atoms with Crippen LogP contribution in [0.4, 0.5) is 4.39 Å². The molecule has 3 nitrogen and oxygen atoms in total. The first-order valence-electron chi connectivity index (χ1n) is 7.79. The van der Waals surface area contributed by atoms with E-state index in [1.165, 1.54) is 12.8 Å². The van der Waals surface area contributed by atoms with Gasteiger partial charge in [0.05, 0.1) is 0 Å². The molecule has 21 heavy (non-hydrogen) atoms. The molecule has 0 aromatic heterocycles. The second kappa shape index (κ2) is 6.03. The Hall–Kier alpha value is -0.970. The van der Waals surface area contributed by atoms with Gasteiger partial charge in [0.1, 0.15) is 5.82 Å². The quantitative estimate of drug-likeness (QED) is 0.847. The zero-order valence-electron chi connectivity index (χ0n) is 13.0. The summed E-state index contributed by atoms with van der Waals surface area (Å²) in [5, 5.41) is 0. The van der Waals surface area contributed by atoms with Crippen LogP contribution in [0.1, 0.15) is 18.4 Å². The van der Waals surface area contributed by atoms with E-state index in [1.807, 2.05) is 12.1 Å². The molecule has 116 valence electrons. The Morgan fingerprint density at radius 2 is 2.10 bits per heavy atom. The molecule has 4 heteroatoms. The van der Waals surface area contributed by atoms with E-state index in [1.54, 1.807) is 19.2 Å². The highest BCUT2D eigenvalue weighted by molar-refractivity contribution is 5.18. The molecule has 1 aromatic carbocycles. The molecule has 1 atom stereocenters. The third kappa shape index (κ3) is 2.98. The van der Waals surface area contributed by atoms with Crippen molar-refractivity contribution in [1.82, 2.24) is 9.80 Å². The molecule has 2 saturated heterocycles. The first kappa shape index (κ1) is 14.9. The number of benzene rings is 1. The number of nitrogens with zero attached hydrogens (tertiary/aromatic N) is 2. The zero-order valence-corrected chi connectivity index (χ0v) is 13.0. The van der Waals surface area contributed by atoms with E-state index in [9.17, 15) is 4.39 Å². The summed E-state index contributed by atoms with van der Waals surface area (Å²) in [6, 6.07) is 7.10. The summed E-state index contributed by atoms with van der Waals surface area (Å²) in [6.07, 6.45) is 2.42. The summed E-state index contributed by atoms with van der Waals surface area (Å²) < 4.78 is 19.1. The van der Waals surface area contributed by atoms with Crippen LogP contribution in [0, 0.1) is 11.7 Å². The fraction of sp³-hybridized carbons (Fsp3) is 0.647. The fourth-order valence-corrected chi connectivity index (χ4v) is 3.92. The van der Waals surface area contributed by atoms with Gasteiger partial charge < -0.3 is 4.74 Å². The van der Waals surface area contributed by atoms with Crippen LogP contribution in [0.25, 0.3) is 0 Å². The highest BCUT2D eigenvalue weighted by Gasteiger charge is 2.49. The molecule has 0 saturated carbocycles. The van der Waals surface area contributed by atoms with Gasteiger partial charge in [-0.1, -0.05) is 18.2 Å². The van der Waals surface area contributed by atoms with Gasteiger partial charge >= 0.3 is 0 Å². The van der Waals surface area contributed by atoms with Crippen molar-refractivity contribution in [3.8, 4) is 0 Å². The number of methoxy groups -OCH3 is 1. The van der Waals surface area contributed by atoms with Gasteiger partial charge in [0, 0.05) is 44.5 Å². The molecule has 2 heterocycles. The average Bonchev–Trinajstić information content (AvgIpc) is 2.43. The lowest BCUT2D eigenvalue weighted by Gasteiger charge is -2.58.